The van der Waals surface area contributed by atoms with Crippen molar-refractivity contribution < 1.29 is 17.6 Å². The monoisotopic (exact) mass is 314 g/mol. The zero-order valence-electron chi connectivity index (χ0n) is 11.1. The van der Waals surface area contributed by atoms with Gasteiger partial charge < -0.3 is 0 Å². The van der Waals surface area contributed by atoms with E-state index in [1.165, 1.54) is 24.3 Å². The standard InChI is InChI=1S/C16H14F4S/c17-15(18,11-13-7-3-1-4-8-13)21-16(19,20)12-14-9-5-2-6-10-14/h1-10H,11-12H2. The first kappa shape index (κ1) is 15.9. The van der Waals surface area contributed by atoms with E-state index in [2.05, 4.69) is 0 Å². The predicted octanol–water partition coefficient (Wildman–Crippen LogP) is 5.39. The zero-order chi connectivity index (χ0) is 15.3. The van der Waals surface area contributed by atoms with Crippen molar-refractivity contribution in [2.24, 2.45) is 0 Å². The molecule has 112 valence electrons. The average Bonchev–Trinajstić information content (AvgIpc) is 2.38. The quantitative estimate of drug-likeness (QED) is 0.644. The van der Waals surface area contributed by atoms with Crippen LogP contribution in [0.25, 0.3) is 0 Å². The van der Waals surface area contributed by atoms with Crippen molar-refractivity contribution in [1.29, 1.82) is 0 Å². The number of benzene rings is 2. The summed E-state index contributed by atoms with van der Waals surface area (Å²) in [5.41, 5.74) is 0.677. The van der Waals surface area contributed by atoms with Gasteiger partial charge >= 0.3 is 10.5 Å². The van der Waals surface area contributed by atoms with Gasteiger partial charge in [-0.1, -0.05) is 60.7 Å². The van der Waals surface area contributed by atoms with Crippen LogP contribution in [0.3, 0.4) is 0 Å². The first-order valence-electron chi connectivity index (χ1n) is 6.40. The number of alkyl halides is 4. The van der Waals surface area contributed by atoms with E-state index in [0.717, 1.165) is 0 Å². The van der Waals surface area contributed by atoms with Crippen LogP contribution in [0.5, 0.6) is 0 Å². The Balaban J connectivity index is 2.01. The van der Waals surface area contributed by atoms with Crippen LogP contribution in [-0.2, 0) is 12.8 Å². The summed E-state index contributed by atoms with van der Waals surface area (Å²) in [7, 11) is 0. The Morgan fingerprint density at radius 1 is 0.619 bits per heavy atom. The Morgan fingerprint density at radius 3 is 1.29 bits per heavy atom. The van der Waals surface area contributed by atoms with Crippen LogP contribution in [-0.4, -0.2) is 10.5 Å². The summed E-state index contributed by atoms with van der Waals surface area (Å²) >= 11 is -0.573. The first-order valence-corrected chi connectivity index (χ1v) is 7.22. The molecule has 2 aromatic rings. The topological polar surface area (TPSA) is 0 Å². The van der Waals surface area contributed by atoms with Crippen molar-refractivity contribution in [3.8, 4) is 0 Å². The maximum Gasteiger partial charge on any atom is 0.303 e. The van der Waals surface area contributed by atoms with Crippen molar-refractivity contribution in [1.82, 2.24) is 0 Å². The van der Waals surface area contributed by atoms with Crippen LogP contribution in [0, 0.1) is 0 Å². The third kappa shape index (κ3) is 5.42. The van der Waals surface area contributed by atoms with Gasteiger partial charge in [0.15, 0.2) is 0 Å². The highest BCUT2D eigenvalue weighted by Crippen LogP contribution is 2.45. The summed E-state index contributed by atoms with van der Waals surface area (Å²) in [6.45, 7) is 0. The van der Waals surface area contributed by atoms with Crippen molar-refractivity contribution in [3.05, 3.63) is 71.8 Å². The molecular weight excluding hydrogens is 300 g/mol. The Bertz CT molecular complexity index is 504. The highest BCUT2D eigenvalue weighted by atomic mass is 32.2. The van der Waals surface area contributed by atoms with Crippen molar-refractivity contribution in [2.75, 3.05) is 0 Å². The minimum absolute atomic E-state index is 0.338. The van der Waals surface area contributed by atoms with Gasteiger partial charge in [0.2, 0.25) is 0 Å². The fraction of sp³-hybridized carbons (Fsp3) is 0.250. The molecule has 0 N–H and O–H groups in total. The molecule has 0 amide bonds. The molecule has 0 aliphatic heterocycles. The molecule has 0 saturated carbocycles. The van der Waals surface area contributed by atoms with E-state index in [1.807, 2.05) is 0 Å². The molecule has 0 saturated heterocycles. The fourth-order valence-electron chi connectivity index (χ4n) is 1.96. The molecular formula is C16H14F4S. The third-order valence-electron chi connectivity index (χ3n) is 2.80. The lowest BCUT2D eigenvalue weighted by atomic mass is 10.1. The van der Waals surface area contributed by atoms with E-state index < -0.39 is 35.1 Å². The zero-order valence-corrected chi connectivity index (χ0v) is 11.9. The highest BCUT2D eigenvalue weighted by molar-refractivity contribution is 8.01. The lowest BCUT2D eigenvalue weighted by molar-refractivity contribution is 0.0685. The van der Waals surface area contributed by atoms with E-state index in [-0.39, 0.29) is 0 Å². The third-order valence-corrected chi connectivity index (χ3v) is 3.69. The average molecular weight is 314 g/mol. The summed E-state index contributed by atoms with van der Waals surface area (Å²) in [5, 5.41) is -7.03. The molecule has 0 aromatic heterocycles. The summed E-state index contributed by atoms with van der Waals surface area (Å²) in [6.07, 6.45) is -1.41. The second-order valence-corrected chi connectivity index (χ2v) is 6.10. The number of halogens is 4. The molecule has 0 fully saturated rings. The number of hydrogen-bond donors (Lipinski definition) is 0. The lowest BCUT2D eigenvalue weighted by Crippen LogP contribution is -2.25. The Hall–Kier alpha value is -1.49. The number of rotatable bonds is 6. The molecule has 0 heterocycles. The summed E-state index contributed by atoms with van der Waals surface area (Å²) in [5.74, 6) is 0. The van der Waals surface area contributed by atoms with Gasteiger partial charge in [0, 0.05) is 12.8 Å². The largest absolute Gasteiger partial charge is 0.303 e. The van der Waals surface area contributed by atoms with E-state index in [4.69, 9.17) is 0 Å². The fourth-order valence-corrected chi connectivity index (χ4v) is 2.87. The van der Waals surface area contributed by atoms with Crippen LogP contribution >= 0.6 is 11.8 Å². The maximum absolute atomic E-state index is 13.8. The van der Waals surface area contributed by atoms with Crippen molar-refractivity contribution >= 4 is 11.8 Å². The van der Waals surface area contributed by atoms with Crippen molar-refractivity contribution in [3.63, 3.8) is 0 Å². The van der Waals surface area contributed by atoms with Gasteiger partial charge in [-0.2, -0.15) is 17.6 Å². The molecule has 0 nitrogen and oxygen atoms in total. The van der Waals surface area contributed by atoms with E-state index in [0.29, 0.717) is 11.1 Å². The summed E-state index contributed by atoms with van der Waals surface area (Å²) < 4.78 is 55.2. The normalized spacial score (nSPS) is 12.4. The molecule has 21 heavy (non-hydrogen) atoms. The van der Waals surface area contributed by atoms with E-state index >= 15 is 0 Å². The Kier molecular flexibility index (Phi) is 4.93. The van der Waals surface area contributed by atoms with E-state index in [9.17, 15) is 17.6 Å². The van der Waals surface area contributed by atoms with Gasteiger partial charge in [0.1, 0.15) is 0 Å². The molecule has 0 spiro atoms. The molecule has 0 aliphatic carbocycles. The molecule has 5 heteroatoms. The number of thioether (sulfide) groups is 1. The highest BCUT2D eigenvalue weighted by Gasteiger charge is 2.44. The molecule has 0 radical (unpaired) electrons. The van der Waals surface area contributed by atoms with Crippen molar-refractivity contribution in [2.45, 2.75) is 23.4 Å². The Labute approximate surface area is 125 Å². The van der Waals surface area contributed by atoms with Gasteiger partial charge in [-0.15, -0.1) is 0 Å². The van der Waals surface area contributed by atoms with Crippen LogP contribution < -0.4 is 0 Å². The van der Waals surface area contributed by atoms with Crippen LogP contribution in [0.4, 0.5) is 17.6 Å². The molecule has 0 bridgehead atoms. The minimum Gasteiger partial charge on any atom is -0.194 e. The second kappa shape index (κ2) is 6.52. The van der Waals surface area contributed by atoms with Gasteiger partial charge in [-0.25, -0.2) is 0 Å². The summed E-state index contributed by atoms with van der Waals surface area (Å²) in [6, 6.07) is 15.8. The second-order valence-electron chi connectivity index (χ2n) is 4.70. The molecule has 0 aliphatic rings. The lowest BCUT2D eigenvalue weighted by Gasteiger charge is -2.22. The van der Waals surface area contributed by atoms with Gasteiger partial charge in [-0.05, 0) is 22.9 Å². The molecule has 2 aromatic carbocycles. The predicted molar refractivity (Wildman–Crippen MR) is 77.8 cm³/mol. The number of hydrogen-bond acceptors (Lipinski definition) is 1. The van der Waals surface area contributed by atoms with E-state index in [1.54, 1.807) is 36.4 Å². The SMILES string of the molecule is FC(F)(Cc1ccccc1)SC(F)(F)Cc1ccccc1. The van der Waals surface area contributed by atoms with Crippen LogP contribution in [0.2, 0.25) is 0 Å². The van der Waals surface area contributed by atoms with Gasteiger partial charge in [0.25, 0.3) is 0 Å². The molecule has 2 rings (SSSR count). The smallest absolute Gasteiger partial charge is 0.194 e. The molecule has 0 unspecified atom stereocenters. The Morgan fingerprint density at radius 2 is 0.952 bits per heavy atom. The van der Waals surface area contributed by atoms with Gasteiger partial charge in [0.05, 0.1) is 0 Å². The maximum atomic E-state index is 13.8. The minimum atomic E-state index is -3.51. The molecule has 0 atom stereocenters. The van der Waals surface area contributed by atoms with Crippen LogP contribution in [0.1, 0.15) is 11.1 Å². The van der Waals surface area contributed by atoms with Gasteiger partial charge in [-0.3, -0.25) is 0 Å². The van der Waals surface area contributed by atoms with Crippen LogP contribution in [0.15, 0.2) is 60.7 Å². The first-order chi connectivity index (χ1) is 9.86. The summed E-state index contributed by atoms with van der Waals surface area (Å²) in [4.78, 5) is 0.